The van der Waals surface area contributed by atoms with Gasteiger partial charge in [0.2, 0.25) is 0 Å². The lowest BCUT2D eigenvalue weighted by Gasteiger charge is -1.97. The van der Waals surface area contributed by atoms with Crippen LogP contribution in [-0.2, 0) is 13.5 Å². The maximum Gasteiger partial charge on any atom is 0.0483 e. The van der Waals surface area contributed by atoms with Gasteiger partial charge in [0.15, 0.2) is 0 Å². The van der Waals surface area contributed by atoms with Crippen LogP contribution in [-0.4, -0.2) is 4.57 Å². The van der Waals surface area contributed by atoms with Crippen LogP contribution in [0.5, 0.6) is 0 Å². The van der Waals surface area contributed by atoms with Crippen LogP contribution in [0.25, 0.3) is 10.9 Å². The fourth-order valence-corrected chi connectivity index (χ4v) is 1.92. The summed E-state index contributed by atoms with van der Waals surface area (Å²) in [5.74, 6) is 2.72. The molecule has 0 atom stereocenters. The molecule has 0 amide bonds. The number of aryl methyl sites for hydroxylation is 1. The highest BCUT2D eigenvalue weighted by Crippen LogP contribution is 2.24. The van der Waals surface area contributed by atoms with Crippen LogP contribution in [0, 0.1) is 19.3 Å². The Bertz CT molecular complexity index is 512. The second-order valence-electron chi connectivity index (χ2n) is 3.52. The molecule has 0 saturated heterocycles. The Labute approximate surface area is 84.4 Å². The predicted molar refractivity (Wildman–Crippen MR) is 60.2 cm³/mol. The van der Waals surface area contributed by atoms with Crippen LogP contribution in [0.3, 0.4) is 0 Å². The smallest absolute Gasteiger partial charge is 0.0483 e. The van der Waals surface area contributed by atoms with Gasteiger partial charge in [-0.05, 0) is 18.6 Å². The van der Waals surface area contributed by atoms with Crippen LogP contribution in [0.4, 0.5) is 0 Å². The molecule has 0 aliphatic carbocycles. The molecule has 0 aliphatic heterocycles. The third-order valence-corrected chi connectivity index (χ3v) is 2.81. The summed E-state index contributed by atoms with van der Waals surface area (Å²) in [5, 5.41) is 1.28. The molecule has 0 bridgehead atoms. The lowest BCUT2D eigenvalue weighted by Crippen LogP contribution is -1.91. The van der Waals surface area contributed by atoms with Gasteiger partial charge in [0, 0.05) is 30.1 Å². The minimum absolute atomic E-state index is 0.715. The SMILES string of the molecule is C#CCc1c(C)n(C)c2ccccc12. The standard InChI is InChI=1S/C13H13N/c1-4-7-11-10(2)14(3)13-9-6-5-8-12(11)13/h1,5-6,8-9H,7H2,2-3H3. The molecule has 1 aromatic heterocycles. The Morgan fingerprint density at radius 2 is 2.07 bits per heavy atom. The Hall–Kier alpha value is -1.68. The zero-order valence-corrected chi connectivity index (χ0v) is 8.54. The summed E-state index contributed by atoms with van der Waals surface area (Å²) >= 11 is 0. The van der Waals surface area contributed by atoms with E-state index in [0.717, 1.165) is 0 Å². The Morgan fingerprint density at radius 1 is 1.36 bits per heavy atom. The van der Waals surface area contributed by atoms with Gasteiger partial charge in [-0.3, -0.25) is 0 Å². The Morgan fingerprint density at radius 3 is 2.79 bits per heavy atom. The molecule has 1 heterocycles. The van der Waals surface area contributed by atoms with E-state index in [4.69, 9.17) is 6.42 Å². The molecule has 0 radical (unpaired) electrons. The summed E-state index contributed by atoms with van der Waals surface area (Å²) in [5.41, 5.74) is 3.81. The number of aromatic nitrogens is 1. The van der Waals surface area contributed by atoms with Gasteiger partial charge < -0.3 is 4.57 Å². The Balaban J connectivity index is 2.82. The summed E-state index contributed by atoms with van der Waals surface area (Å²) < 4.78 is 2.20. The van der Waals surface area contributed by atoms with E-state index in [0.29, 0.717) is 6.42 Å². The highest BCUT2D eigenvalue weighted by Gasteiger charge is 2.09. The van der Waals surface area contributed by atoms with Gasteiger partial charge in [-0.25, -0.2) is 0 Å². The number of para-hydroxylation sites is 1. The third-order valence-electron chi connectivity index (χ3n) is 2.81. The molecular weight excluding hydrogens is 170 g/mol. The van der Waals surface area contributed by atoms with Crippen molar-refractivity contribution in [2.75, 3.05) is 0 Å². The number of hydrogen-bond acceptors (Lipinski definition) is 0. The zero-order valence-electron chi connectivity index (χ0n) is 8.54. The van der Waals surface area contributed by atoms with E-state index < -0.39 is 0 Å². The van der Waals surface area contributed by atoms with Crippen LogP contribution < -0.4 is 0 Å². The van der Waals surface area contributed by atoms with Crippen molar-refractivity contribution in [3.05, 3.63) is 35.5 Å². The number of benzene rings is 1. The van der Waals surface area contributed by atoms with Crippen LogP contribution >= 0.6 is 0 Å². The summed E-state index contributed by atoms with van der Waals surface area (Å²) in [7, 11) is 2.08. The molecule has 0 unspecified atom stereocenters. The molecule has 1 aromatic carbocycles. The number of terminal acetylenes is 1. The maximum absolute atomic E-state index is 5.37. The van der Waals surface area contributed by atoms with Gasteiger partial charge >= 0.3 is 0 Å². The highest BCUT2D eigenvalue weighted by atomic mass is 14.9. The average molecular weight is 183 g/mol. The van der Waals surface area contributed by atoms with Gasteiger partial charge in [-0.2, -0.15) is 0 Å². The first-order valence-corrected chi connectivity index (χ1v) is 4.72. The monoisotopic (exact) mass is 183 g/mol. The van der Waals surface area contributed by atoms with E-state index in [-0.39, 0.29) is 0 Å². The van der Waals surface area contributed by atoms with Crippen LogP contribution in [0.2, 0.25) is 0 Å². The van der Waals surface area contributed by atoms with Gasteiger partial charge in [0.05, 0.1) is 0 Å². The first kappa shape index (κ1) is 8.90. The van der Waals surface area contributed by atoms with Crippen molar-refractivity contribution in [3.8, 4) is 12.3 Å². The molecule has 0 N–H and O–H groups in total. The molecule has 0 aliphatic rings. The number of nitrogens with zero attached hydrogens (tertiary/aromatic N) is 1. The van der Waals surface area contributed by atoms with E-state index in [1.807, 2.05) is 0 Å². The van der Waals surface area contributed by atoms with Crippen LogP contribution in [0.1, 0.15) is 11.3 Å². The van der Waals surface area contributed by atoms with Crippen molar-refractivity contribution in [3.63, 3.8) is 0 Å². The van der Waals surface area contributed by atoms with Crippen molar-refractivity contribution in [2.24, 2.45) is 7.05 Å². The molecule has 2 rings (SSSR count). The predicted octanol–water partition coefficient (Wildman–Crippen LogP) is 2.66. The van der Waals surface area contributed by atoms with Crippen molar-refractivity contribution >= 4 is 10.9 Å². The van der Waals surface area contributed by atoms with Crippen molar-refractivity contribution < 1.29 is 0 Å². The van der Waals surface area contributed by atoms with Gasteiger partial charge in [0.1, 0.15) is 0 Å². The van der Waals surface area contributed by atoms with Gasteiger partial charge in [-0.1, -0.05) is 18.2 Å². The summed E-state index contributed by atoms with van der Waals surface area (Å²) in [6.45, 7) is 2.12. The molecule has 1 heteroatoms. The fourth-order valence-electron chi connectivity index (χ4n) is 1.92. The summed E-state index contributed by atoms with van der Waals surface area (Å²) in [6.07, 6.45) is 6.09. The number of rotatable bonds is 1. The first-order valence-electron chi connectivity index (χ1n) is 4.72. The molecule has 0 saturated carbocycles. The minimum Gasteiger partial charge on any atom is -0.348 e. The molecule has 14 heavy (non-hydrogen) atoms. The van der Waals surface area contributed by atoms with E-state index >= 15 is 0 Å². The lowest BCUT2D eigenvalue weighted by atomic mass is 10.1. The van der Waals surface area contributed by atoms with Gasteiger partial charge in [0.25, 0.3) is 0 Å². The molecule has 70 valence electrons. The van der Waals surface area contributed by atoms with Crippen molar-refractivity contribution in [1.29, 1.82) is 0 Å². The normalized spacial score (nSPS) is 10.4. The minimum atomic E-state index is 0.715. The molecule has 0 fully saturated rings. The molecule has 0 spiro atoms. The van der Waals surface area contributed by atoms with E-state index in [1.165, 1.54) is 22.2 Å². The first-order chi connectivity index (χ1) is 6.75. The average Bonchev–Trinajstić information content (AvgIpc) is 2.45. The van der Waals surface area contributed by atoms with E-state index in [2.05, 4.69) is 48.7 Å². The number of hydrogen-bond donors (Lipinski definition) is 0. The quantitative estimate of drug-likeness (QED) is 0.599. The Kier molecular flexibility index (Phi) is 2.05. The topological polar surface area (TPSA) is 4.93 Å². The van der Waals surface area contributed by atoms with E-state index in [9.17, 15) is 0 Å². The number of fused-ring (bicyclic) bond motifs is 1. The summed E-state index contributed by atoms with van der Waals surface area (Å²) in [6, 6.07) is 8.38. The highest BCUT2D eigenvalue weighted by molar-refractivity contribution is 5.85. The largest absolute Gasteiger partial charge is 0.348 e. The van der Waals surface area contributed by atoms with Crippen molar-refractivity contribution in [2.45, 2.75) is 13.3 Å². The van der Waals surface area contributed by atoms with Crippen molar-refractivity contribution in [1.82, 2.24) is 4.57 Å². The second-order valence-corrected chi connectivity index (χ2v) is 3.52. The fraction of sp³-hybridized carbons (Fsp3) is 0.231. The third kappa shape index (κ3) is 1.12. The zero-order chi connectivity index (χ0) is 10.1. The molecule has 2 aromatic rings. The molecule has 1 nitrogen and oxygen atoms in total. The lowest BCUT2D eigenvalue weighted by molar-refractivity contribution is 0.906. The van der Waals surface area contributed by atoms with Gasteiger partial charge in [-0.15, -0.1) is 12.3 Å². The van der Waals surface area contributed by atoms with E-state index in [1.54, 1.807) is 0 Å². The maximum atomic E-state index is 5.37. The summed E-state index contributed by atoms with van der Waals surface area (Å²) in [4.78, 5) is 0. The second kappa shape index (κ2) is 3.23. The molecular formula is C13H13N. The van der Waals surface area contributed by atoms with Crippen LogP contribution in [0.15, 0.2) is 24.3 Å².